The van der Waals surface area contributed by atoms with Crippen molar-refractivity contribution in [3.05, 3.63) is 42.0 Å². The fraction of sp³-hybridized carbons (Fsp3) is 0.471. The number of anilines is 1. The molecule has 3 rings (SSSR count). The van der Waals surface area contributed by atoms with E-state index in [1.54, 1.807) is 12.1 Å². The minimum Gasteiger partial charge on any atom is -0.494 e. The van der Waals surface area contributed by atoms with E-state index in [-0.39, 0.29) is 5.82 Å². The van der Waals surface area contributed by atoms with E-state index in [1.165, 1.54) is 25.6 Å². The first-order valence-electron chi connectivity index (χ1n) is 7.46. The van der Waals surface area contributed by atoms with Gasteiger partial charge in [0.2, 0.25) is 0 Å². The smallest absolute Gasteiger partial charge is 0.167 e. The van der Waals surface area contributed by atoms with Crippen LogP contribution in [0.15, 0.2) is 36.2 Å². The van der Waals surface area contributed by atoms with Crippen molar-refractivity contribution in [3.63, 3.8) is 0 Å². The maximum atomic E-state index is 13.8. The second kappa shape index (κ2) is 5.82. The van der Waals surface area contributed by atoms with Gasteiger partial charge in [-0.2, -0.15) is 0 Å². The molecule has 112 valence electrons. The van der Waals surface area contributed by atoms with Gasteiger partial charge < -0.3 is 14.5 Å². The Labute approximate surface area is 125 Å². The molecule has 1 aliphatic heterocycles. The Morgan fingerprint density at radius 3 is 2.52 bits per heavy atom. The lowest BCUT2D eigenvalue weighted by Crippen LogP contribution is -2.46. The van der Waals surface area contributed by atoms with Crippen LogP contribution in [0.4, 0.5) is 10.1 Å². The van der Waals surface area contributed by atoms with Gasteiger partial charge in [-0.1, -0.05) is 6.58 Å². The van der Waals surface area contributed by atoms with E-state index < -0.39 is 0 Å². The van der Waals surface area contributed by atoms with Gasteiger partial charge >= 0.3 is 0 Å². The number of nitrogens with zero attached hydrogens (tertiary/aromatic N) is 2. The molecule has 1 aromatic rings. The summed E-state index contributed by atoms with van der Waals surface area (Å²) in [6.07, 6.45) is 2.53. The molecule has 0 radical (unpaired) electrons. The fourth-order valence-electron chi connectivity index (χ4n) is 2.93. The number of allylic oxidation sites excluding steroid dienone is 1. The molecule has 4 heteroatoms. The number of piperazine rings is 1. The molecular formula is C17H21FN2O. The van der Waals surface area contributed by atoms with Crippen molar-refractivity contribution in [1.82, 2.24) is 4.90 Å². The third-order valence-electron chi connectivity index (χ3n) is 4.27. The fourth-order valence-corrected chi connectivity index (χ4v) is 2.93. The zero-order valence-corrected chi connectivity index (χ0v) is 12.4. The average Bonchev–Trinajstić information content (AvgIpc) is 3.33. The van der Waals surface area contributed by atoms with Crippen molar-refractivity contribution in [2.75, 3.05) is 38.2 Å². The van der Waals surface area contributed by atoms with E-state index in [0.29, 0.717) is 11.7 Å². The standard InChI is InChI=1S/C17H21FN2O/c1-3-16(13-4-5-13)20-10-8-19(9-11-20)14-6-7-17(21-2)15(18)12-14/h6-7,12-13H,1,4-5,8-11H2,2H3. The normalized spacial score (nSPS) is 18.4. The topological polar surface area (TPSA) is 15.7 Å². The largest absolute Gasteiger partial charge is 0.494 e. The lowest BCUT2D eigenvalue weighted by Gasteiger charge is -2.38. The van der Waals surface area contributed by atoms with Gasteiger partial charge in [0.15, 0.2) is 11.6 Å². The number of rotatable bonds is 4. The quantitative estimate of drug-likeness (QED) is 0.792. The van der Waals surface area contributed by atoms with Crippen LogP contribution in [0, 0.1) is 11.7 Å². The van der Waals surface area contributed by atoms with Crippen LogP contribution >= 0.6 is 0 Å². The minimum absolute atomic E-state index is 0.294. The highest BCUT2D eigenvalue weighted by molar-refractivity contribution is 5.50. The highest BCUT2D eigenvalue weighted by atomic mass is 19.1. The Kier molecular flexibility index (Phi) is 3.89. The SMILES string of the molecule is C=C=C(C1CC1)N1CCN(c2ccc(OC)c(F)c2)CC1. The van der Waals surface area contributed by atoms with Crippen LogP contribution in [0.5, 0.6) is 5.75 Å². The van der Waals surface area contributed by atoms with Crippen molar-refractivity contribution in [1.29, 1.82) is 0 Å². The van der Waals surface area contributed by atoms with Crippen molar-refractivity contribution in [3.8, 4) is 5.75 Å². The number of hydrogen-bond acceptors (Lipinski definition) is 3. The van der Waals surface area contributed by atoms with E-state index in [0.717, 1.165) is 31.9 Å². The second-order valence-corrected chi connectivity index (χ2v) is 5.63. The Balaban J connectivity index is 1.65. The first kappa shape index (κ1) is 14.0. The predicted octanol–water partition coefficient (Wildman–Crippen LogP) is 3.04. The van der Waals surface area contributed by atoms with E-state index in [4.69, 9.17) is 4.74 Å². The number of ether oxygens (including phenoxy) is 1. The van der Waals surface area contributed by atoms with Crippen LogP contribution in [0.3, 0.4) is 0 Å². The maximum Gasteiger partial charge on any atom is 0.167 e. The Morgan fingerprint density at radius 1 is 1.29 bits per heavy atom. The molecule has 0 amide bonds. The molecule has 1 saturated carbocycles. The van der Waals surface area contributed by atoms with Crippen LogP contribution in [0.2, 0.25) is 0 Å². The van der Waals surface area contributed by atoms with Crippen LogP contribution in [-0.4, -0.2) is 38.2 Å². The van der Waals surface area contributed by atoms with Crippen molar-refractivity contribution < 1.29 is 9.13 Å². The van der Waals surface area contributed by atoms with Crippen molar-refractivity contribution in [2.45, 2.75) is 12.8 Å². The van der Waals surface area contributed by atoms with E-state index in [9.17, 15) is 4.39 Å². The summed E-state index contributed by atoms with van der Waals surface area (Å²) in [4.78, 5) is 4.59. The van der Waals surface area contributed by atoms with E-state index in [2.05, 4.69) is 22.1 Å². The molecule has 21 heavy (non-hydrogen) atoms. The zero-order chi connectivity index (χ0) is 14.8. The molecular weight excluding hydrogens is 267 g/mol. The Bertz CT molecular complexity index is 568. The minimum atomic E-state index is -0.304. The summed E-state index contributed by atoms with van der Waals surface area (Å²) in [6.45, 7) is 7.50. The zero-order valence-electron chi connectivity index (χ0n) is 12.4. The molecule has 0 bridgehead atoms. The Hall–Kier alpha value is -1.93. The molecule has 2 aliphatic rings. The summed E-state index contributed by atoms with van der Waals surface area (Å²) in [5.41, 5.74) is 5.30. The number of halogens is 1. The van der Waals surface area contributed by atoms with Crippen molar-refractivity contribution >= 4 is 5.69 Å². The molecule has 0 atom stereocenters. The summed E-state index contributed by atoms with van der Waals surface area (Å²) >= 11 is 0. The first-order chi connectivity index (χ1) is 10.2. The highest BCUT2D eigenvalue weighted by Crippen LogP contribution is 2.38. The number of benzene rings is 1. The summed E-state index contributed by atoms with van der Waals surface area (Å²) in [5.74, 6) is 0.664. The summed E-state index contributed by atoms with van der Waals surface area (Å²) in [5, 5.41) is 0. The first-order valence-corrected chi connectivity index (χ1v) is 7.46. The van der Waals surface area contributed by atoms with Gasteiger partial charge in [-0.05, 0) is 25.0 Å². The lowest BCUT2D eigenvalue weighted by molar-refractivity contribution is 0.307. The van der Waals surface area contributed by atoms with Crippen molar-refractivity contribution in [2.24, 2.45) is 5.92 Å². The predicted molar refractivity (Wildman–Crippen MR) is 82.1 cm³/mol. The average molecular weight is 288 g/mol. The van der Waals surface area contributed by atoms with Gasteiger partial charge in [0.25, 0.3) is 0 Å². The third kappa shape index (κ3) is 2.91. The van der Waals surface area contributed by atoms with Crippen LogP contribution in [0.1, 0.15) is 12.8 Å². The summed E-state index contributed by atoms with van der Waals surface area (Å²) in [7, 11) is 1.48. The Morgan fingerprint density at radius 2 is 2.00 bits per heavy atom. The van der Waals surface area contributed by atoms with E-state index in [1.807, 2.05) is 6.07 Å². The third-order valence-corrected chi connectivity index (χ3v) is 4.27. The van der Waals surface area contributed by atoms with Crippen LogP contribution < -0.4 is 9.64 Å². The van der Waals surface area contributed by atoms with Gasteiger partial charge in [-0.3, -0.25) is 0 Å². The highest BCUT2D eigenvalue weighted by Gasteiger charge is 2.31. The second-order valence-electron chi connectivity index (χ2n) is 5.63. The van der Waals surface area contributed by atoms with Crippen LogP contribution in [0.25, 0.3) is 0 Å². The van der Waals surface area contributed by atoms with Gasteiger partial charge in [0.1, 0.15) is 0 Å². The van der Waals surface area contributed by atoms with Gasteiger partial charge in [0.05, 0.1) is 12.8 Å². The molecule has 0 spiro atoms. The summed E-state index contributed by atoms with van der Waals surface area (Å²) in [6, 6.07) is 5.17. The molecule has 3 nitrogen and oxygen atoms in total. The van der Waals surface area contributed by atoms with Gasteiger partial charge in [-0.25, -0.2) is 4.39 Å². The molecule has 1 aromatic carbocycles. The van der Waals surface area contributed by atoms with Gasteiger partial charge in [-0.15, -0.1) is 5.73 Å². The molecule has 1 heterocycles. The monoisotopic (exact) mass is 288 g/mol. The molecule has 0 N–H and O–H groups in total. The molecule has 0 unspecified atom stereocenters. The number of methoxy groups -OCH3 is 1. The molecule has 1 aliphatic carbocycles. The van der Waals surface area contributed by atoms with Crippen LogP contribution in [-0.2, 0) is 0 Å². The maximum absolute atomic E-state index is 13.8. The summed E-state index contributed by atoms with van der Waals surface area (Å²) < 4.78 is 18.8. The van der Waals surface area contributed by atoms with Gasteiger partial charge in [0, 0.05) is 43.9 Å². The lowest BCUT2D eigenvalue weighted by atomic mass is 10.2. The number of hydrogen-bond donors (Lipinski definition) is 0. The molecule has 0 aromatic heterocycles. The molecule has 1 saturated heterocycles. The molecule has 2 fully saturated rings. The van der Waals surface area contributed by atoms with E-state index >= 15 is 0 Å².